The van der Waals surface area contributed by atoms with Crippen LogP contribution >= 0.6 is 0 Å². The van der Waals surface area contributed by atoms with Gasteiger partial charge in [0.2, 0.25) is 0 Å². The highest BCUT2D eigenvalue weighted by atomic mass is 19.4. The maximum absolute atomic E-state index is 12.8. The fourth-order valence-corrected chi connectivity index (χ4v) is 4.02. The Kier molecular flexibility index (Phi) is 10.3. The van der Waals surface area contributed by atoms with E-state index in [4.69, 9.17) is 18.6 Å². The minimum absolute atomic E-state index is 0.0374. The molecule has 0 saturated carbocycles. The highest BCUT2D eigenvalue weighted by Gasteiger charge is 2.41. The molecule has 0 radical (unpaired) electrons. The number of amides is 2. The molecule has 1 aromatic heterocycles. The van der Waals surface area contributed by atoms with Crippen molar-refractivity contribution in [2.24, 2.45) is 0 Å². The zero-order chi connectivity index (χ0) is 32.8. The second-order valence-electron chi connectivity index (χ2n) is 10.5. The first-order chi connectivity index (χ1) is 20.5. The summed E-state index contributed by atoms with van der Waals surface area (Å²) in [5.74, 6) is -4.33. The number of aromatic hydroxyl groups is 1. The van der Waals surface area contributed by atoms with Crippen LogP contribution in [-0.4, -0.2) is 67.1 Å². The molecule has 3 rings (SSSR count). The summed E-state index contributed by atoms with van der Waals surface area (Å²) in [6.07, 6.45) is -5.33. The Hall–Kier alpha value is -4.95. The molecule has 2 amide bonds. The van der Waals surface area contributed by atoms with E-state index in [1.54, 1.807) is 50.4 Å². The summed E-state index contributed by atoms with van der Waals surface area (Å²) >= 11 is 0. The average molecular weight is 625 g/mol. The van der Waals surface area contributed by atoms with Crippen LogP contribution in [0.1, 0.15) is 31.9 Å². The number of alkyl carbamates (subject to hydrolysis) is 1. The van der Waals surface area contributed by atoms with E-state index in [1.807, 2.05) is 0 Å². The Morgan fingerprint density at radius 1 is 0.909 bits per heavy atom. The smallest absolute Gasteiger partial charge is 0.471 e. The third-order valence-corrected chi connectivity index (χ3v) is 5.99. The molecule has 0 spiro atoms. The summed E-state index contributed by atoms with van der Waals surface area (Å²) in [7, 11) is 2.12. The quantitative estimate of drug-likeness (QED) is 0.219. The number of rotatable bonds is 10. The molecule has 3 aromatic rings. The van der Waals surface area contributed by atoms with Gasteiger partial charge in [0.1, 0.15) is 29.2 Å². The summed E-state index contributed by atoms with van der Waals surface area (Å²) in [5.41, 5.74) is -0.122. The van der Waals surface area contributed by atoms with Crippen LogP contribution in [-0.2, 0) is 41.4 Å². The number of benzene rings is 2. The van der Waals surface area contributed by atoms with Gasteiger partial charge in [-0.05, 0) is 50.6 Å². The molecule has 0 aliphatic rings. The van der Waals surface area contributed by atoms with Crippen LogP contribution < -0.4 is 15.4 Å². The number of carbonyl (C=O) groups is 4. The Morgan fingerprint density at radius 3 is 2.05 bits per heavy atom. The number of ether oxygens (including phenoxy) is 4. The van der Waals surface area contributed by atoms with Crippen molar-refractivity contribution in [1.29, 1.82) is 0 Å². The van der Waals surface area contributed by atoms with E-state index >= 15 is 0 Å². The first kappa shape index (κ1) is 33.6. The molecule has 0 fully saturated rings. The highest BCUT2D eigenvalue weighted by molar-refractivity contribution is 5.91. The van der Waals surface area contributed by atoms with Gasteiger partial charge in [-0.25, -0.2) is 14.4 Å². The Balaban J connectivity index is 1.84. The molecule has 2 atom stereocenters. The number of methoxy groups -OCH3 is 2. The molecule has 3 N–H and O–H groups in total. The Morgan fingerprint density at radius 2 is 1.50 bits per heavy atom. The topological polar surface area (TPSA) is 163 Å². The van der Waals surface area contributed by atoms with Crippen molar-refractivity contribution in [2.75, 3.05) is 14.2 Å². The van der Waals surface area contributed by atoms with Crippen LogP contribution in [0.4, 0.5) is 18.0 Å². The van der Waals surface area contributed by atoms with Gasteiger partial charge in [0.05, 0.1) is 25.9 Å². The van der Waals surface area contributed by atoms with E-state index in [1.165, 1.54) is 25.5 Å². The molecule has 0 bridgehead atoms. The fourth-order valence-electron chi connectivity index (χ4n) is 4.02. The lowest BCUT2D eigenvalue weighted by Gasteiger charge is -2.22. The zero-order valence-electron chi connectivity index (χ0n) is 24.4. The molecule has 238 valence electrons. The number of hydrogen-bond acceptors (Lipinski definition) is 10. The maximum atomic E-state index is 12.8. The lowest BCUT2D eigenvalue weighted by Crippen LogP contribution is -2.48. The number of phenols is 1. The maximum Gasteiger partial charge on any atom is 0.471 e. The molecule has 2 aromatic carbocycles. The SMILES string of the molecule is COC(=O)[C@H](Cc1ccc(Oc2cc(C[C@H](NC(=O)C(F)(F)F)C(=O)OC)c(O)c3ccoc23)cc1)NC(=O)OC(C)(C)C. The fraction of sp³-hybridized carbons (Fsp3) is 0.379. The number of fused-ring (bicyclic) bond motifs is 1. The van der Waals surface area contributed by atoms with Crippen LogP contribution in [0.5, 0.6) is 17.2 Å². The van der Waals surface area contributed by atoms with E-state index in [0.717, 1.165) is 7.11 Å². The minimum Gasteiger partial charge on any atom is -0.507 e. The first-order valence-corrected chi connectivity index (χ1v) is 13.0. The van der Waals surface area contributed by atoms with Gasteiger partial charge >= 0.3 is 30.1 Å². The molecule has 0 aliphatic carbocycles. The van der Waals surface area contributed by atoms with Crippen molar-refractivity contribution in [3.05, 3.63) is 53.8 Å². The Labute approximate surface area is 249 Å². The second kappa shape index (κ2) is 13.6. The van der Waals surface area contributed by atoms with Gasteiger partial charge in [0.25, 0.3) is 0 Å². The lowest BCUT2D eigenvalue weighted by molar-refractivity contribution is -0.175. The number of hydrogen-bond donors (Lipinski definition) is 3. The van der Waals surface area contributed by atoms with E-state index in [-0.39, 0.29) is 34.5 Å². The van der Waals surface area contributed by atoms with Gasteiger partial charge in [-0.1, -0.05) is 12.1 Å². The number of carbonyl (C=O) groups excluding carboxylic acids is 4. The molecule has 44 heavy (non-hydrogen) atoms. The van der Waals surface area contributed by atoms with Crippen LogP contribution in [0.25, 0.3) is 11.0 Å². The standard InChI is InChI=1S/C29H31F3N2O10/c1-28(2,3)44-27(39)34-19(24(36)40-4)12-15-6-8-17(9-7-15)43-21-14-16(22(35)18-10-11-42-23(18)21)13-20(25(37)41-5)33-26(38)29(30,31)32/h6-11,14,19-20,35H,12-13H2,1-5H3,(H,33,38)(H,34,39)/t19-,20-/m0/s1. The van der Waals surface area contributed by atoms with E-state index < -0.39 is 60.0 Å². The van der Waals surface area contributed by atoms with E-state index in [2.05, 4.69) is 10.1 Å². The van der Waals surface area contributed by atoms with Gasteiger partial charge in [-0.3, -0.25) is 4.79 Å². The summed E-state index contributed by atoms with van der Waals surface area (Å²) in [4.78, 5) is 48.2. The highest BCUT2D eigenvalue weighted by Crippen LogP contribution is 2.39. The zero-order valence-corrected chi connectivity index (χ0v) is 24.4. The lowest BCUT2D eigenvalue weighted by atomic mass is 10.0. The second-order valence-corrected chi connectivity index (χ2v) is 10.5. The normalized spacial score (nSPS) is 13.0. The van der Waals surface area contributed by atoms with Crippen molar-refractivity contribution in [2.45, 2.75) is 57.5 Å². The Bertz CT molecular complexity index is 1510. The molecule has 0 saturated heterocycles. The summed E-state index contributed by atoms with van der Waals surface area (Å²) in [5, 5.41) is 14.9. The van der Waals surface area contributed by atoms with Crippen molar-refractivity contribution in [1.82, 2.24) is 10.6 Å². The van der Waals surface area contributed by atoms with Crippen molar-refractivity contribution >= 4 is 34.9 Å². The molecule has 1 heterocycles. The summed E-state index contributed by atoms with van der Waals surface area (Å²) < 4.78 is 64.4. The number of esters is 2. The molecule has 0 aliphatic heterocycles. The predicted molar refractivity (Wildman–Crippen MR) is 147 cm³/mol. The average Bonchev–Trinajstić information content (AvgIpc) is 3.44. The van der Waals surface area contributed by atoms with Gasteiger partial charge in [0.15, 0.2) is 11.3 Å². The van der Waals surface area contributed by atoms with Crippen LogP contribution in [0.2, 0.25) is 0 Å². The molecule has 12 nitrogen and oxygen atoms in total. The monoisotopic (exact) mass is 624 g/mol. The molecular formula is C29H31F3N2O10. The van der Waals surface area contributed by atoms with Gasteiger partial charge in [-0.15, -0.1) is 0 Å². The van der Waals surface area contributed by atoms with Gasteiger partial charge in [0, 0.05) is 18.4 Å². The first-order valence-electron chi connectivity index (χ1n) is 13.0. The number of nitrogens with one attached hydrogen (secondary N) is 2. The molecule has 15 heteroatoms. The number of phenolic OH excluding ortho intramolecular Hbond substituents is 1. The van der Waals surface area contributed by atoms with Crippen LogP contribution in [0.3, 0.4) is 0 Å². The van der Waals surface area contributed by atoms with E-state index in [9.17, 15) is 37.5 Å². The van der Waals surface area contributed by atoms with Gasteiger partial charge < -0.3 is 39.1 Å². The van der Waals surface area contributed by atoms with Gasteiger partial charge in [-0.2, -0.15) is 13.2 Å². The summed E-state index contributed by atoms with van der Waals surface area (Å²) in [6.45, 7) is 5.03. The van der Waals surface area contributed by atoms with E-state index in [0.29, 0.717) is 5.56 Å². The summed E-state index contributed by atoms with van der Waals surface area (Å²) in [6, 6.07) is 6.11. The third-order valence-electron chi connectivity index (χ3n) is 5.99. The number of alkyl halides is 3. The molecular weight excluding hydrogens is 593 g/mol. The molecule has 0 unspecified atom stereocenters. The predicted octanol–water partition coefficient (Wildman–Crippen LogP) is 4.30. The minimum atomic E-state index is -5.26. The van der Waals surface area contributed by atoms with Crippen molar-refractivity contribution in [3.8, 4) is 17.2 Å². The van der Waals surface area contributed by atoms with Crippen molar-refractivity contribution < 1.29 is 60.8 Å². The third kappa shape index (κ3) is 8.78. The van der Waals surface area contributed by atoms with Crippen molar-refractivity contribution in [3.63, 3.8) is 0 Å². The van der Waals surface area contributed by atoms with Crippen LogP contribution in [0.15, 0.2) is 47.1 Å². The van der Waals surface area contributed by atoms with Crippen LogP contribution in [0, 0.1) is 0 Å². The number of halogens is 3. The number of furan rings is 1. The largest absolute Gasteiger partial charge is 0.507 e.